The fraction of sp³-hybridized carbons (Fsp3) is 0.125. The lowest BCUT2D eigenvalue weighted by Crippen LogP contribution is -2.05. The molecule has 2 aromatic rings. The van der Waals surface area contributed by atoms with Crippen molar-refractivity contribution in [2.24, 2.45) is 0 Å². The summed E-state index contributed by atoms with van der Waals surface area (Å²) in [5.41, 5.74) is -1.01. The summed E-state index contributed by atoms with van der Waals surface area (Å²) in [6.45, 7) is 0.0369. The maximum absolute atomic E-state index is 12.8. The summed E-state index contributed by atoms with van der Waals surface area (Å²) in [6.07, 6.45) is -3.22. The van der Waals surface area contributed by atoms with E-state index < -0.39 is 11.7 Å². The highest BCUT2D eigenvalue weighted by Gasteiger charge is 2.32. The molecule has 11 heteroatoms. The summed E-state index contributed by atoms with van der Waals surface area (Å²) in [6, 6.07) is 4.03. The first-order valence-corrected chi connectivity index (χ1v) is 9.13. The van der Waals surface area contributed by atoms with Gasteiger partial charge < -0.3 is 9.47 Å². The van der Waals surface area contributed by atoms with Crippen molar-refractivity contribution in [3.05, 3.63) is 60.5 Å². The van der Waals surface area contributed by atoms with Crippen LogP contribution in [0.3, 0.4) is 0 Å². The van der Waals surface area contributed by atoms with E-state index in [2.05, 4.69) is 0 Å². The third-order valence-electron chi connectivity index (χ3n) is 3.00. The molecular formula is C16H7Cl6F3O2. The van der Waals surface area contributed by atoms with Crippen molar-refractivity contribution in [3.8, 4) is 17.2 Å². The molecule has 0 aliphatic carbocycles. The Kier molecular flexibility index (Phi) is 7.70. The van der Waals surface area contributed by atoms with Crippen molar-refractivity contribution in [1.82, 2.24) is 0 Å². The van der Waals surface area contributed by atoms with Crippen molar-refractivity contribution < 1.29 is 22.6 Å². The van der Waals surface area contributed by atoms with E-state index in [0.29, 0.717) is 12.1 Å². The molecule has 0 aliphatic heterocycles. The smallest absolute Gasteiger partial charge is 0.416 e. The zero-order chi connectivity index (χ0) is 20.4. The minimum absolute atomic E-state index is 0.0171. The summed E-state index contributed by atoms with van der Waals surface area (Å²) in [5, 5.41) is -0.511. The molecule has 0 amide bonds. The van der Waals surface area contributed by atoms with Gasteiger partial charge in [0, 0.05) is 12.1 Å². The van der Waals surface area contributed by atoms with E-state index >= 15 is 0 Å². The molecular weight excluding hydrogens is 494 g/mol. The topological polar surface area (TPSA) is 18.5 Å². The Labute approximate surface area is 182 Å². The van der Waals surface area contributed by atoms with Gasteiger partial charge >= 0.3 is 6.18 Å². The molecule has 0 bridgehead atoms. The molecule has 0 unspecified atom stereocenters. The van der Waals surface area contributed by atoms with Crippen molar-refractivity contribution in [2.75, 3.05) is 6.61 Å². The molecule has 27 heavy (non-hydrogen) atoms. The number of halogens is 9. The molecule has 2 nitrogen and oxygen atoms in total. The Morgan fingerprint density at radius 3 is 1.89 bits per heavy atom. The van der Waals surface area contributed by atoms with Gasteiger partial charge in [0.25, 0.3) is 0 Å². The van der Waals surface area contributed by atoms with Crippen LogP contribution in [0.2, 0.25) is 20.1 Å². The first-order chi connectivity index (χ1) is 12.5. The van der Waals surface area contributed by atoms with E-state index in [4.69, 9.17) is 79.1 Å². The van der Waals surface area contributed by atoms with Gasteiger partial charge in [-0.15, -0.1) is 0 Å². The van der Waals surface area contributed by atoms with Crippen LogP contribution in [-0.2, 0) is 6.18 Å². The van der Waals surface area contributed by atoms with Gasteiger partial charge in [0.05, 0.1) is 25.7 Å². The molecule has 0 saturated heterocycles. The second kappa shape index (κ2) is 9.21. The summed E-state index contributed by atoms with van der Waals surface area (Å²) in [4.78, 5) is 0. The second-order valence-corrected chi connectivity index (χ2v) is 7.52. The van der Waals surface area contributed by atoms with Gasteiger partial charge in [-0.25, -0.2) is 0 Å². The van der Waals surface area contributed by atoms with Crippen molar-refractivity contribution in [1.29, 1.82) is 0 Å². The SMILES string of the molecule is FC(F)(F)c1cc(Cl)c(Oc2cc(Cl)c(OCC=C(Cl)Cl)cc2Cl)c(Cl)c1. The van der Waals surface area contributed by atoms with Crippen LogP contribution < -0.4 is 9.47 Å². The Bertz CT molecular complexity index is 856. The molecule has 0 N–H and O–H groups in total. The van der Waals surface area contributed by atoms with Crippen LogP contribution in [0.15, 0.2) is 34.8 Å². The maximum atomic E-state index is 12.8. The van der Waals surface area contributed by atoms with Gasteiger partial charge in [-0.2, -0.15) is 13.2 Å². The average Bonchev–Trinajstić information content (AvgIpc) is 2.53. The molecule has 0 aliphatic rings. The lowest BCUT2D eigenvalue weighted by Gasteiger charge is -2.15. The number of ether oxygens (including phenoxy) is 2. The highest BCUT2D eigenvalue weighted by Crippen LogP contribution is 2.44. The van der Waals surface area contributed by atoms with Crippen molar-refractivity contribution in [3.63, 3.8) is 0 Å². The fourth-order valence-electron chi connectivity index (χ4n) is 1.82. The Hall–Kier alpha value is -0.690. The lowest BCUT2D eigenvalue weighted by atomic mass is 10.2. The number of hydrogen-bond donors (Lipinski definition) is 0. The minimum Gasteiger partial charge on any atom is -0.488 e. The summed E-state index contributed by atoms with van der Waals surface area (Å²) in [5.74, 6) is 0.0304. The standard InChI is InChI=1S/C16H7Cl6F3O2/c17-8-6-13(9(18)5-12(8)26-2-1-14(21)22)27-15-10(19)3-7(4-11(15)20)16(23,24)25/h1,3-6H,2H2. The predicted molar refractivity (Wildman–Crippen MR) is 103 cm³/mol. The van der Waals surface area contributed by atoms with Crippen LogP contribution >= 0.6 is 69.6 Å². The van der Waals surface area contributed by atoms with Gasteiger partial charge in [0.2, 0.25) is 0 Å². The number of rotatable bonds is 5. The largest absolute Gasteiger partial charge is 0.488 e. The van der Waals surface area contributed by atoms with E-state index in [1.165, 1.54) is 18.2 Å². The zero-order valence-corrected chi connectivity index (χ0v) is 17.3. The number of hydrogen-bond acceptors (Lipinski definition) is 2. The molecule has 146 valence electrons. The third-order valence-corrected chi connectivity index (χ3v) is 4.46. The molecule has 0 atom stereocenters. The molecule has 0 fully saturated rings. The quantitative estimate of drug-likeness (QED) is 0.408. The van der Waals surface area contributed by atoms with Gasteiger partial charge in [-0.3, -0.25) is 0 Å². The van der Waals surface area contributed by atoms with E-state index in [1.54, 1.807) is 0 Å². The summed E-state index contributed by atoms with van der Waals surface area (Å²) < 4.78 is 49.2. The highest BCUT2D eigenvalue weighted by molar-refractivity contribution is 6.55. The van der Waals surface area contributed by atoms with Crippen molar-refractivity contribution >= 4 is 69.6 Å². The van der Waals surface area contributed by atoms with Crippen molar-refractivity contribution in [2.45, 2.75) is 6.18 Å². The summed E-state index contributed by atoms with van der Waals surface area (Å²) in [7, 11) is 0. The Balaban J connectivity index is 2.30. The molecule has 0 saturated carbocycles. The molecule has 0 radical (unpaired) electrons. The first-order valence-electron chi connectivity index (χ1n) is 6.86. The summed E-state index contributed by atoms with van der Waals surface area (Å²) >= 11 is 34.9. The predicted octanol–water partition coefficient (Wildman–Crippen LogP) is 8.81. The average molecular weight is 501 g/mol. The van der Waals surface area contributed by atoms with E-state index in [0.717, 1.165) is 0 Å². The molecule has 0 heterocycles. The molecule has 0 aromatic heterocycles. The van der Waals surface area contributed by atoms with Gasteiger partial charge in [0.15, 0.2) is 5.75 Å². The minimum atomic E-state index is -4.61. The lowest BCUT2D eigenvalue weighted by molar-refractivity contribution is -0.137. The maximum Gasteiger partial charge on any atom is 0.416 e. The van der Waals surface area contributed by atoms with Crippen LogP contribution in [0.5, 0.6) is 17.2 Å². The Morgan fingerprint density at radius 1 is 0.852 bits per heavy atom. The third kappa shape index (κ3) is 6.14. The first kappa shape index (κ1) is 22.6. The van der Waals surface area contributed by atoms with E-state index in [1.807, 2.05) is 0 Å². The number of alkyl halides is 3. The fourth-order valence-corrected chi connectivity index (χ4v) is 2.92. The van der Waals surface area contributed by atoms with E-state index in [-0.39, 0.29) is 48.4 Å². The second-order valence-electron chi connectivity index (χ2n) is 4.89. The zero-order valence-electron chi connectivity index (χ0n) is 12.8. The molecule has 0 spiro atoms. The van der Waals surface area contributed by atoms with Gasteiger partial charge in [-0.05, 0) is 18.2 Å². The van der Waals surface area contributed by atoms with Crippen LogP contribution in [0.25, 0.3) is 0 Å². The van der Waals surface area contributed by atoms with Gasteiger partial charge in [0.1, 0.15) is 22.6 Å². The van der Waals surface area contributed by atoms with Crippen LogP contribution in [0.1, 0.15) is 5.56 Å². The number of benzene rings is 2. The highest BCUT2D eigenvalue weighted by atomic mass is 35.5. The van der Waals surface area contributed by atoms with Crippen LogP contribution in [0.4, 0.5) is 13.2 Å². The van der Waals surface area contributed by atoms with E-state index in [9.17, 15) is 13.2 Å². The Morgan fingerprint density at radius 2 is 1.37 bits per heavy atom. The normalized spacial score (nSPS) is 11.3. The van der Waals surface area contributed by atoms with Gasteiger partial charge in [-0.1, -0.05) is 69.6 Å². The molecule has 2 aromatic carbocycles. The van der Waals surface area contributed by atoms with Crippen LogP contribution in [0, 0.1) is 0 Å². The molecule has 2 rings (SSSR count). The monoisotopic (exact) mass is 498 g/mol. The van der Waals surface area contributed by atoms with Crippen LogP contribution in [-0.4, -0.2) is 6.61 Å².